The Kier molecular flexibility index (Phi) is 3.57. The third kappa shape index (κ3) is 2.16. The average molecular weight is 308 g/mol. The van der Waals surface area contributed by atoms with E-state index in [-0.39, 0.29) is 32.8 Å². The van der Waals surface area contributed by atoms with E-state index in [4.69, 9.17) is 33.7 Å². The van der Waals surface area contributed by atoms with E-state index in [1.54, 1.807) is 6.07 Å². The number of nitrogens with zero attached hydrogens (tertiary/aromatic N) is 5. The van der Waals surface area contributed by atoms with Gasteiger partial charge in [-0.25, -0.2) is 4.98 Å². The lowest BCUT2D eigenvalue weighted by Crippen LogP contribution is -2.00. The smallest absolute Gasteiger partial charge is 0.272 e. The minimum absolute atomic E-state index is 0.0254. The van der Waals surface area contributed by atoms with Crippen molar-refractivity contribution in [3.05, 3.63) is 50.0 Å². The summed E-state index contributed by atoms with van der Waals surface area (Å²) < 4.78 is 1.22. The standard InChI is InChI=1S/C11H3Cl2N5O2/c12-7-1-6(18(19)20)2-8(13)11(7)17-5-16-9(3-14)10(17)4-15/h1-2,5H. The zero-order valence-corrected chi connectivity index (χ0v) is 11.1. The van der Waals surface area contributed by atoms with Gasteiger partial charge in [-0.3, -0.25) is 14.7 Å². The molecule has 0 spiro atoms. The first-order valence-corrected chi connectivity index (χ1v) is 5.76. The SMILES string of the molecule is N#Cc1ncn(-c2c(Cl)cc([N+](=O)[O-])cc2Cl)c1C#N. The Hall–Kier alpha value is -2.61. The summed E-state index contributed by atoms with van der Waals surface area (Å²) in [6.45, 7) is 0. The number of nitro benzene ring substituents is 1. The van der Waals surface area contributed by atoms with E-state index in [2.05, 4.69) is 4.98 Å². The van der Waals surface area contributed by atoms with Crippen molar-refractivity contribution in [3.63, 3.8) is 0 Å². The largest absolute Gasteiger partial charge is 0.286 e. The molecule has 0 atom stereocenters. The van der Waals surface area contributed by atoms with Crippen molar-refractivity contribution in [3.8, 4) is 17.8 Å². The molecular weight excluding hydrogens is 305 g/mol. The molecule has 0 N–H and O–H groups in total. The topological polar surface area (TPSA) is 109 Å². The van der Waals surface area contributed by atoms with Gasteiger partial charge in [0.2, 0.25) is 0 Å². The van der Waals surface area contributed by atoms with Gasteiger partial charge in [0.15, 0.2) is 11.4 Å². The van der Waals surface area contributed by atoms with E-state index in [0.717, 1.165) is 12.1 Å². The summed E-state index contributed by atoms with van der Waals surface area (Å²) in [6.07, 6.45) is 1.20. The quantitative estimate of drug-likeness (QED) is 0.626. The monoisotopic (exact) mass is 307 g/mol. The fraction of sp³-hybridized carbons (Fsp3) is 0. The van der Waals surface area contributed by atoms with Crippen molar-refractivity contribution in [2.24, 2.45) is 0 Å². The number of nitro groups is 1. The summed E-state index contributed by atoms with van der Waals surface area (Å²) >= 11 is 11.9. The Balaban J connectivity index is 2.72. The lowest BCUT2D eigenvalue weighted by atomic mass is 10.2. The molecule has 98 valence electrons. The van der Waals surface area contributed by atoms with Crippen molar-refractivity contribution in [1.82, 2.24) is 9.55 Å². The molecule has 0 radical (unpaired) electrons. The lowest BCUT2D eigenvalue weighted by Gasteiger charge is -2.08. The van der Waals surface area contributed by atoms with Gasteiger partial charge in [0.1, 0.15) is 18.5 Å². The van der Waals surface area contributed by atoms with E-state index in [9.17, 15) is 10.1 Å². The van der Waals surface area contributed by atoms with Crippen LogP contribution in [0.5, 0.6) is 0 Å². The van der Waals surface area contributed by atoms with Crippen LogP contribution in [0.2, 0.25) is 10.0 Å². The van der Waals surface area contributed by atoms with Gasteiger partial charge in [-0.15, -0.1) is 0 Å². The Labute approximate surface area is 122 Å². The normalized spacial score (nSPS) is 9.80. The van der Waals surface area contributed by atoms with Gasteiger partial charge in [-0.1, -0.05) is 23.2 Å². The number of non-ortho nitro benzene ring substituents is 1. The zero-order valence-electron chi connectivity index (χ0n) is 9.54. The Bertz CT molecular complexity index is 777. The number of rotatable bonds is 2. The molecule has 7 nitrogen and oxygen atoms in total. The number of aromatic nitrogens is 2. The summed E-state index contributed by atoms with van der Waals surface area (Å²) in [7, 11) is 0. The number of imidazole rings is 1. The first kappa shape index (κ1) is 13.8. The first-order valence-electron chi connectivity index (χ1n) is 5.01. The molecule has 1 heterocycles. The Morgan fingerprint density at radius 2 is 1.85 bits per heavy atom. The van der Waals surface area contributed by atoms with Crippen molar-refractivity contribution in [2.75, 3.05) is 0 Å². The van der Waals surface area contributed by atoms with Crippen LogP contribution < -0.4 is 0 Å². The molecule has 0 saturated heterocycles. The summed E-state index contributed by atoms with van der Waals surface area (Å²) in [5, 5.41) is 28.5. The maximum atomic E-state index is 10.7. The zero-order chi connectivity index (χ0) is 14.9. The second kappa shape index (κ2) is 5.17. The summed E-state index contributed by atoms with van der Waals surface area (Å²) in [5.41, 5.74) is -0.254. The van der Waals surface area contributed by atoms with Crippen molar-refractivity contribution < 1.29 is 4.92 Å². The molecule has 0 saturated carbocycles. The number of hydrogen-bond donors (Lipinski definition) is 0. The molecule has 0 aliphatic heterocycles. The van der Waals surface area contributed by atoms with Crippen LogP contribution in [0.1, 0.15) is 11.4 Å². The lowest BCUT2D eigenvalue weighted by molar-refractivity contribution is -0.384. The van der Waals surface area contributed by atoms with Gasteiger partial charge in [-0.05, 0) is 0 Å². The van der Waals surface area contributed by atoms with Gasteiger partial charge < -0.3 is 0 Å². The molecular formula is C11H3Cl2N5O2. The summed E-state index contributed by atoms with van der Waals surface area (Å²) in [4.78, 5) is 13.8. The van der Waals surface area contributed by atoms with Crippen molar-refractivity contribution in [1.29, 1.82) is 10.5 Å². The molecule has 0 amide bonds. The van der Waals surface area contributed by atoms with Crippen LogP contribution in [-0.2, 0) is 0 Å². The van der Waals surface area contributed by atoms with Crippen LogP contribution >= 0.6 is 23.2 Å². The maximum Gasteiger partial charge on any atom is 0.272 e. The molecule has 9 heteroatoms. The van der Waals surface area contributed by atoms with E-state index >= 15 is 0 Å². The van der Waals surface area contributed by atoms with E-state index < -0.39 is 4.92 Å². The molecule has 0 fully saturated rings. The first-order chi connectivity index (χ1) is 9.49. The summed E-state index contributed by atoms with van der Waals surface area (Å²) in [6, 6.07) is 5.78. The fourth-order valence-electron chi connectivity index (χ4n) is 1.59. The summed E-state index contributed by atoms with van der Waals surface area (Å²) in [5.74, 6) is 0. The van der Waals surface area contributed by atoms with Crippen molar-refractivity contribution >= 4 is 28.9 Å². The van der Waals surface area contributed by atoms with Crippen LogP contribution in [-0.4, -0.2) is 14.5 Å². The highest BCUT2D eigenvalue weighted by molar-refractivity contribution is 6.38. The highest BCUT2D eigenvalue weighted by Gasteiger charge is 2.20. The van der Waals surface area contributed by atoms with Crippen LogP contribution in [0, 0.1) is 32.8 Å². The number of nitriles is 2. The third-order valence-electron chi connectivity index (χ3n) is 2.43. The second-order valence-electron chi connectivity index (χ2n) is 3.55. The predicted molar refractivity (Wildman–Crippen MR) is 69.7 cm³/mol. The van der Waals surface area contributed by atoms with Gasteiger partial charge in [0.05, 0.1) is 20.7 Å². The van der Waals surface area contributed by atoms with Crippen LogP contribution in [0.3, 0.4) is 0 Å². The highest BCUT2D eigenvalue weighted by atomic mass is 35.5. The molecule has 1 aromatic carbocycles. The second-order valence-corrected chi connectivity index (χ2v) is 4.36. The van der Waals surface area contributed by atoms with E-state index in [1.165, 1.54) is 10.9 Å². The van der Waals surface area contributed by atoms with E-state index in [1.807, 2.05) is 6.07 Å². The van der Waals surface area contributed by atoms with Gasteiger partial charge in [0, 0.05) is 12.1 Å². The minimum atomic E-state index is -0.638. The minimum Gasteiger partial charge on any atom is -0.286 e. The Morgan fingerprint density at radius 3 is 2.30 bits per heavy atom. The average Bonchev–Trinajstić information content (AvgIpc) is 2.80. The Morgan fingerprint density at radius 1 is 1.25 bits per heavy atom. The number of halogens is 2. The number of benzene rings is 1. The molecule has 1 aromatic heterocycles. The van der Waals surface area contributed by atoms with Gasteiger partial charge in [0.25, 0.3) is 5.69 Å². The van der Waals surface area contributed by atoms with Gasteiger partial charge >= 0.3 is 0 Å². The molecule has 2 aromatic rings. The molecule has 0 aliphatic rings. The number of hydrogen-bond acceptors (Lipinski definition) is 5. The molecule has 2 rings (SSSR count). The third-order valence-corrected chi connectivity index (χ3v) is 3.01. The highest BCUT2D eigenvalue weighted by Crippen LogP contribution is 2.34. The molecule has 20 heavy (non-hydrogen) atoms. The van der Waals surface area contributed by atoms with Crippen LogP contribution in [0.25, 0.3) is 5.69 Å². The predicted octanol–water partition coefficient (Wildman–Crippen LogP) is 2.83. The fourth-order valence-corrected chi connectivity index (χ4v) is 2.25. The van der Waals surface area contributed by atoms with Crippen molar-refractivity contribution in [2.45, 2.75) is 0 Å². The van der Waals surface area contributed by atoms with E-state index in [0.29, 0.717) is 0 Å². The molecule has 0 aliphatic carbocycles. The molecule has 0 bridgehead atoms. The van der Waals surface area contributed by atoms with Crippen LogP contribution in [0.4, 0.5) is 5.69 Å². The van der Waals surface area contributed by atoms with Crippen LogP contribution in [0.15, 0.2) is 18.5 Å². The van der Waals surface area contributed by atoms with Gasteiger partial charge in [-0.2, -0.15) is 10.5 Å². The maximum absolute atomic E-state index is 10.7. The molecule has 0 unspecified atom stereocenters.